The van der Waals surface area contributed by atoms with Gasteiger partial charge < -0.3 is 5.32 Å². The van der Waals surface area contributed by atoms with Crippen molar-refractivity contribution in [2.45, 2.75) is 31.1 Å². The number of nitrogens with one attached hydrogen (secondary N) is 1. The van der Waals surface area contributed by atoms with Crippen LogP contribution in [-0.4, -0.2) is 35.1 Å². The summed E-state index contributed by atoms with van der Waals surface area (Å²) in [4.78, 5) is 0. The lowest BCUT2D eigenvalue weighted by atomic mass is 10.0. The molecule has 2 rings (SSSR count). The number of halogens is 2. The van der Waals surface area contributed by atoms with Crippen LogP contribution in [0.25, 0.3) is 0 Å². The predicted octanol–water partition coefficient (Wildman–Crippen LogP) is 3.72. The second-order valence-corrected chi connectivity index (χ2v) is 7.49. The molecular weight excluding hydrogens is 296 g/mol. The first kappa shape index (κ1) is 16.1. The van der Waals surface area contributed by atoms with Crippen molar-refractivity contribution in [1.82, 2.24) is 5.32 Å². The van der Waals surface area contributed by atoms with Crippen molar-refractivity contribution in [3.05, 3.63) is 35.4 Å². The van der Waals surface area contributed by atoms with Crippen LogP contribution in [0.1, 0.15) is 18.9 Å². The van der Waals surface area contributed by atoms with Crippen molar-refractivity contribution < 1.29 is 8.78 Å². The predicted molar refractivity (Wildman–Crippen MR) is 85.7 cm³/mol. The van der Waals surface area contributed by atoms with E-state index in [1.807, 2.05) is 23.5 Å². The number of benzene rings is 1. The molecule has 1 heterocycles. The Hall–Kier alpha value is -0.260. The van der Waals surface area contributed by atoms with Gasteiger partial charge in [0.15, 0.2) is 11.6 Å². The summed E-state index contributed by atoms with van der Waals surface area (Å²) >= 11 is 3.98. The summed E-state index contributed by atoms with van der Waals surface area (Å²) in [5.74, 6) is 2.01. The van der Waals surface area contributed by atoms with Crippen LogP contribution in [0.5, 0.6) is 0 Å². The summed E-state index contributed by atoms with van der Waals surface area (Å²) < 4.78 is 26.3. The van der Waals surface area contributed by atoms with E-state index in [1.165, 1.54) is 23.6 Å². The fourth-order valence-corrected chi connectivity index (χ4v) is 5.21. The minimum Gasteiger partial charge on any atom is -0.313 e. The van der Waals surface area contributed by atoms with E-state index >= 15 is 0 Å². The number of thioether (sulfide) groups is 2. The van der Waals surface area contributed by atoms with Gasteiger partial charge in [0.05, 0.1) is 0 Å². The molecule has 0 aliphatic carbocycles. The molecule has 1 nitrogen and oxygen atoms in total. The molecule has 0 radical (unpaired) electrons. The molecule has 112 valence electrons. The summed E-state index contributed by atoms with van der Waals surface area (Å²) in [7, 11) is 0. The van der Waals surface area contributed by atoms with E-state index in [-0.39, 0.29) is 0 Å². The lowest BCUT2D eigenvalue weighted by Gasteiger charge is -2.30. The van der Waals surface area contributed by atoms with Gasteiger partial charge in [0.1, 0.15) is 0 Å². The van der Waals surface area contributed by atoms with Crippen molar-refractivity contribution in [1.29, 1.82) is 0 Å². The van der Waals surface area contributed by atoms with Crippen LogP contribution >= 0.6 is 23.5 Å². The highest BCUT2D eigenvalue weighted by Gasteiger charge is 2.24. The monoisotopic (exact) mass is 317 g/mol. The fourth-order valence-electron chi connectivity index (χ4n) is 2.32. The molecule has 1 aliphatic heterocycles. The summed E-state index contributed by atoms with van der Waals surface area (Å²) in [6.07, 6.45) is 1.84. The van der Waals surface area contributed by atoms with Gasteiger partial charge in [-0.05, 0) is 37.1 Å². The van der Waals surface area contributed by atoms with Crippen molar-refractivity contribution >= 4 is 23.5 Å². The quantitative estimate of drug-likeness (QED) is 0.859. The molecule has 2 atom stereocenters. The van der Waals surface area contributed by atoms with Crippen molar-refractivity contribution in [3.63, 3.8) is 0 Å². The Bertz CT molecular complexity index is 422. The molecule has 1 N–H and O–H groups in total. The van der Waals surface area contributed by atoms with Crippen molar-refractivity contribution in [2.24, 2.45) is 0 Å². The van der Waals surface area contributed by atoms with Crippen LogP contribution in [0.3, 0.4) is 0 Å². The number of hydrogen-bond acceptors (Lipinski definition) is 3. The molecule has 1 aliphatic rings. The Balaban J connectivity index is 2.03. The molecule has 2 unspecified atom stereocenters. The van der Waals surface area contributed by atoms with Gasteiger partial charge in [0, 0.05) is 28.6 Å². The smallest absolute Gasteiger partial charge is 0.159 e. The Morgan fingerprint density at radius 3 is 2.80 bits per heavy atom. The molecule has 1 aromatic carbocycles. The van der Waals surface area contributed by atoms with E-state index in [2.05, 4.69) is 12.2 Å². The molecule has 1 fully saturated rings. The molecule has 0 spiro atoms. The van der Waals surface area contributed by atoms with Crippen molar-refractivity contribution in [2.75, 3.05) is 23.8 Å². The van der Waals surface area contributed by atoms with E-state index in [0.717, 1.165) is 30.7 Å². The van der Waals surface area contributed by atoms with Gasteiger partial charge in [-0.25, -0.2) is 8.78 Å². The Labute approximate surface area is 128 Å². The van der Waals surface area contributed by atoms with Crippen LogP contribution in [-0.2, 0) is 6.42 Å². The lowest BCUT2D eigenvalue weighted by Crippen LogP contribution is -2.43. The molecule has 0 saturated carbocycles. The molecule has 0 amide bonds. The molecular formula is C15H21F2NS2. The van der Waals surface area contributed by atoms with Crippen LogP contribution in [0.4, 0.5) is 8.78 Å². The Kier molecular flexibility index (Phi) is 6.65. The standard InChI is InChI=1S/C15H21F2NS2/c1-2-5-18-14(15-10-19-6-7-20-15)9-11-3-4-12(16)13(17)8-11/h3-4,8,14-15,18H,2,5-7,9-10H2,1H3. The van der Waals surface area contributed by atoms with Gasteiger partial charge in [0.25, 0.3) is 0 Å². The maximum atomic E-state index is 13.3. The largest absolute Gasteiger partial charge is 0.313 e. The van der Waals surface area contributed by atoms with E-state index in [9.17, 15) is 8.78 Å². The van der Waals surface area contributed by atoms with E-state index in [0.29, 0.717) is 11.3 Å². The average molecular weight is 317 g/mol. The first-order valence-corrected chi connectivity index (χ1v) is 9.27. The van der Waals surface area contributed by atoms with Gasteiger partial charge in [0.2, 0.25) is 0 Å². The van der Waals surface area contributed by atoms with Crippen LogP contribution < -0.4 is 5.32 Å². The second-order valence-electron chi connectivity index (χ2n) is 5.00. The highest BCUT2D eigenvalue weighted by molar-refractivity contribution is 8.06. The zero-order valence-electron chi connectivity index (χ0n) is 11.7. The van der Waals surface area contributed by atoms with E-state index in [4.69, 9.17) is 0 Å². The SMILES string of the molecule is CCCNC(Cc1ccc(F)c(F)c1)C1CSCCS1. The third-order valence-electron chi connectivity index (χ3n) is 3.39. The number of rotatable bonds is 6. The molecule has 20 heavy (non-hydrogen) atoms. The van der Waals surface area contributed by atoms with Crippen LogP contribution in [0.2, 0.25) is 0 Å². The topological polar surface area (TPSA) is 12.0 Å². The molecule has 5 heteroatoms. The zero-order valence-corrected chi connectivity index (χ0v) is 13.3. The summed E-state index contributed by atoms with van der Waals surface area (Å²) in [5.41, 5.74) is 0.869. The summed E-state index contributed by atoms with van der Waals surface area (Å²) in [6.45, 7) is 3.11. The summed E-state index contributed by atoms with van der Waals surface area (Å²) in [6, 6.07) is 4.58. The molecule has 0 aromatic heterocycles. The van der Waals surface area contributed by atoms with Crippen molar-refractivity contribution in [3.8, 4) is 0 Å². The first-order chi connectivity index (χ1) is 9.70. The zero-order chi connectivity index (χ0) is 14.4. The van der Waals surface area contributed by atoms with Gasteiger partial charge in [-0.3, -0.25) is 0 Å². The Morgan fingerprint density at radius 2 is 2.15 bits per heavy atom. The third-order valence-corrected chi connectivity index (χ3v) is 6.31. The van der Waals surface area contributed by atoms with Gasteiger partial charge in [-0.15, -0.1) is 0 Å². The Morgan fingerprint density at radius 1 is 1.30 bits per heavy atom. The van der Waals surface area contributed by atoms with E-state index < -0.39 is 11.6 Å². The van der Waals surface area contributed by atoms with Gasteiger partial charge in [-0.2, -0.15) is 23.5 Å². The second kappa shape index (κ2) is 8.25. The lowest BCUT2D eigenvalue weighted by molar-refractivity contribution is 0.492. The minimum atomic E-state index is -0.769. The molecule has 1 aromatic rings. The summed E-state index contributed by atoms with van der Waals surface area (Å²) in [5, 5.41) is 4.12. The fraction of sp³-hybridized carbons (Fsp3) is 0.600. The highest BCUT2D eigenvalue weighted by Crippen LogP contribution is 2.28. The van der Waals surface area contributed by atoms with Crippen LogP contribution in [0.15, 0.2) is 18.2 Å². The van der Waals surface area contributed by atoms with E-state index in [1.54, 1.807) is 6.07 Å². The third kappa shape index (κ3) is 4.64. The van der Waals surface area contributed by atoms with Crippen LogP contribution in [0, 0.1) is 11.6 Å². The highest BCUT2D eigenvalue weighted by atomic mass is 32.2. The first-order valence-electron chi connectivity index (χ1n) is 7.07. The van der Waals surface area contributed by atoms with Gasteiger partial charge in [-0.1, -0.05) is 13.0 Å². The number of hydrogen-bond donors (Lipinski definition) is 1. The minimum absolute atomic E-state index is 0.331. The molecule has 1 saturated heterocycles. The van der Waals surface area contributed by atoms with Gasteiger partial charge >= 0.3 is 0 Å². The average Bonchev–Trinajstić information content (AvgIpc) is 2.48. The maximum absolute atomic E-state index is 13.3. The normalized spacial score (nSPS) is 20.9. The molecule has 0 bridgehead atoms. The maximum Gasteiger partial charge on any atom is 0.159 e.